The number of benzene rings is 2. The summed E-state index contributed by atoms with van der Waals surface area (Å²) in [6.45, 7) is 7.64. The molecule has 0 radical (unpaired) electrons. The van der Waals surface area contributed by atoms with Gasteiger partial charge in [-0.25, -0.2) is 9.97 Å². The number of hydrogen-bond acceptors (Lipinski definition) is 5. The smallest absolute Gasteiger partial charge is 0.251 e. The van der Waals surface area contributed by atoms with Crippen LogP contribution in [0, 0.1) is 13.8 Å². The van der Waals surface area contributed by atoms with E-state index in [0.29, 0.717) is 18.7 Å². The van der Waals surface area contributed by atoms with Crippen molar-refractivity contribution in [2.24, 2.45) is 0 Å². The van der Waals surface area contributed by atoms with Crippen molar-refractivity contribution >= 4 is 16.9 Å². The van der Waals surface area contributed by atoms with Gasteiger partial charge < -0.3 is 10.1 Å². The molecule has 3 aromatic rings. The van der Waals surface area contributed by atoms with E-state index in [0.717, 1.165) is 42.1 Å². The zero-order chi connectivity index (χ0) is 20.2. The highest BCUT2D eigenvalue weighted by molar-refractivity contribution is 5.97. The average molecular weight is 390 g/mol. The van der Waals surface area contributed by atoms with Gasteiger partial charge in [-0.2, -0.15) is 0 Å². The summed E-state index contributed by atoms with van der Waals surface area (Å²) < 4.78 is 5.85. The number of aryl methyl sites for hydroxylation is 2. The van der Waals surface area contributed by atoms with E-state index < -0.39 is 0 Å². The van der Waals surface area contributed by atoms with Gasteiger partial charge in [-0.1, -0.05) is 30.3 Å². The molecule has 2 heterocycles. The lowest BCUT2D eigenvalue weighted by Crippen LogP contribution is -2.47. The molecule has 1 atom stereocenters. The van der Waals surface area contributed by atoms with Crippen molar-refractivity contribution in [3.8, 4) is 0 Å². The number of nitrogens with zero attached hydrogens (tertiary/aromatic N) is 3. The Labute approximate surface area is 170 Å². The molecule has 0 bridgehead atoms. The second-order valence-corrected chi connectivity index (χ2v) is 7.52. The van der Waals surface area contributed by atoms with E-state index in [1.165, 1.54) is 5.56 Å². The molecule has 1 aromatic heterocycles. The molecule has 6 nitrogen and oxygen atoms in total. The number of ether oxygens (including phenoxy) is 1. The van der Waals surface area contributed by atoms with Crippen molar-refractivity contribution in [1.29, 1.82) is 0 Å². The number of hydrogen-bond donors (Lipinski definition) is 1. The first-order chi connectivity index (χ1) is 14.1. The van der Waals surface area contributed by atoms with Crippen molar-refractivity contribution in [3.05, 3.63) is 71.0 Å². The van der Waals surface area contributed by atoms with Crippen molar-refractivity contribution in [3.63, 3.8) is 0 Å². The van der Waals surface area contributed by atoms with Crippen LogP contribution in [0.1, 0.15) is 27.3 Å². The molecule has 1 amide bonds. The maximum atomic E-state index is 12.6. The summed E-state index contributed by atoms with van der Waals surface area (Å²) >= 11 is 0. The summed E-state index contributed by atoms with van der Waals surface area (Å²) in [5, 5.41) is 3.00. The van der Waals surface area contributed by atoms with Crippen LogP contribution in [0.2, 0.25) is 0 Å². The molecule has 1 aliphatic rings. The highest BCUT2D eigenvalue weighted by Gasteiger charge is 2.21. The van der Waals surface area contributed by atoms with Crippen LogP contribution in [0.25, 0.3) is 11.0 Å². The zero-order valence-electron chi connectivity index (χ0n) is 16.9. The predicted molar refractivity (Wildman–Crippen MR) is 113 cm³/mol. The third kappa shape index (κ3) is 4.78. The molecule has 1 fully saturated rings. The molecule has 0 unspecified atom stereocenters. The minimum atomic E-state index is -0.115. The summed E-state index contributed by atoms with van der Waals surface area (Å²) in [7, 11) is 0. The molecule has 0 saturated carbocycles. The summed E-state index contributed by atoms with van der Waals surface area (Å²) in [6.07, 6.45) is -0.0124. The predicted octanol–water partition coefficient (Wildman–Crippen LogP) is 2.88. The van der Waals surface area contributed by atoms with E-state index in [1.807, 2.05) is 26.0 Å². The fraction of sp³-hybridized carbons (Fsp3) is 0.348. The number of rotatable bonds is 5. The maximum absolute atomic E-state index is 12.6. The van der Waals surface area contributed by atoms with Gasteiger partial charge in [0.15, 0.2) is 0 Å². The van der Waals surface area contributed by atoms with Gasteiger partial charge in [-0.05, 0) is 37.6 Å². The first kappa shape index (κ1) is 19.5. The number of amides is 1. The van der Waals surface area contributed by atoms with E-state index in [9.17, 15) is 4.79 Å². The van der Waals surface area contributed by atoms with Gasteiger partial charge in [0.1, 0.15) is 0 Å². The van der Waals surface area contributed by atoms with Crippen molar-refractivity contribution in [1.82, 2.24) is 20.2 Å². The Morgan fingerprint density at radius 2 is 1.86 bits per heavy atom. The van der Waals surface area contributed by atoms with Crippen LogP contribution in [0.3, 0.4) is 0 Å². The topological polar surface area (TPSA) is 67.4 Å². The highest BCUT2D eigenvalue weighted by Crippen LogP contribution is 2.15. The van der Waals surface area contributed by atoms with Gasteiger partial charge >= 0.3 is 0 Å². The van der Waals surface area contributed by atoms with Crippen LogP contribution in [0.4, 0.5) is 0 Å². The molecule has 2 aromatic carbocycles. The molecule has 29 heavy (non-hydrogen) atoms. The lowest BCUT2D eigenvalue weighted by atomic mass is 10.1. The van der Waals surface area contributed by atoms with E-state index in [4.69, 9.17) is 4.74 Å². The zero-order valence-corrected chi connectivity index (χ0v) is 16.9. The van der Waals surface area contributed by atoms with Crippen molar-refractivity contribution in [2.45, 2.75) is 26.5 Å². The van der Waals surface area contributed by atoms with Gasteiger partial charge in [0.2, 0.25) is 0 Å². The quantitative estimate of drug-likeness (QED) is 0.726. The lowest BCUT2D eigenvalue weighted by Gasteiger charge is -2.33. The van der Waals surface area contributed by atoms with Crippen LogP contribution in [0.5, 0.6) is 0 Å². The fourth-order valence-electron chi connectivity index (χ4n) is 3.57. The molecule has 150 valence electrons. The fourth-order valence-corrected chi connectivity index (χ4v) is 3.57. The third-order valence-corrected chi connectivity index (χ3v) is 5.30. The van der Waals surface area contributed by atoms with Gasteiger partial charge in [0, 0.05) is 31.7 Å². The Morgan fingerprint density at radius 3 is 2.66 bits per heavy atom. The number of carbonyl (C=O) groups excluding carboxylic acids is 1. The number of aromatic nitrogens is 2. The van der Waals surface area contributed by atoms with Gasteiger partial charge in [0.25, 0.3) is 5.91 Å². The Kier molecular flexibility index (Phi) is 5.83. The number of nitrogens with one attached hydrogen (secondary N) is 1. The summed E-state index contributed by atoms with van der Waals surface area (Å²) in [6, 6.07) is 15.9. The normalized spacial score (nSPS) is 17.4. The lowest BCUT2D eigenvalue weighted by molar-refractivity contribution is -0.0292. The van der Waals surface area contributed by atoms with E-state index in [2.05, 4.69) is 44.5 Å². The standard InChI is InChI=1S/C23H26N4O2/c1-16-17(2)26-22-12-19(8-9-21(22)25-16)23(28)24-13-20-15-27(10-11-29-20)14-18-6-4-3-5-7-18/h3-9,12,20H,10-11,13-15H2,1-2H3,(H,24,28)/t20-/m1/s1. The molecule has 4 rings (SSSR count). The Bertz CT molecular complexity index is 1010. The first-order valence-electron chi connectivity index (χ1n) is 9.99. The molecule has 1 aliphatic heterocycles. The van der Waals surface area contributed by atoms with Crippen molar-refractivity contribution < 1.29 is 9.53 Å². The molecular weight excluding hydrogens is 364 g/mol. The van der Waals surface area contributed by atoms with E-state index >= 15 is 0 Å². The minimum absolute atomic E-state index is 0.0124. The SMILES string of the molecule is Cc1nc2ccc(C(=O)NC[C@@H]3CN(Cc4ccccc4)CCO3)cc2nc1C. The molecule has 1 N–H and O–H groups in total. The molecule has 6 heteroatoms. The van der Waals surface area contributed by atoms with Crippen LogP contribution >= 0.6 is 0 Å². The Morgan fingerprint density at radius 1 is 1.10 bits per heavy atom. The van der Waals surface area contributed by atoms with E-state index in [-0.39, 0.29) is 12.0 Å². The van der Waals surface area contributed by atoms with Gasteiger partial charge in [-0.15, -0.1) is 0 Å². The summed E-state index contributed by atoms with van der Waals surface area (Å²) in [5.41, 5.74) is 5.21. The average Bonchev–Trinajstić information content (AvgIpc) is 2.73. The summed E-state index contributed by atoms with van der Waals surface area (Å²) in [4.78, 5) is 24.1. The first-order valence-corrected chi connectivity index (χ1v) is 9.99. The molecular formula is C23H26N4O2. The molecule has 0 aliphatic carbocycles. The number of carbonyl (C=O) groups is 1. The molecule has 1 saturated heterocycles. The van der Waals surface area contributed by atoms with Crippen LogP contribution in [-0.2, 0) is 11.3 Å². The number of morpholine rings is 1. The monoisotopic (exact) mass is 390 g/mol. The van der Waals surface area contributed by atoms with Crippen molar-refractivity contribution in [2.75, 3.05) is 26.2 Å². The summed E-state index contributed by atoms with van der Waals surface area (Å²) in [5.74, 6) is -0.115. The van der Waals surface area contributed by atoms with Crippen LogP contribution in [-0.4, -0.2) is 53.1 Å². The van der Waals surface area contributed by atoms with Gasteiger partial charge in [0.05, 0.1) is 35.1 Å². The Balaban J connectivity index is 1.35. The minimum Gasteiger partial charge on any atom is -0.374 e. The van der Waals surface area contributed by atoms with Crippen LogP contribution in [0.15, 0.2) is 48.5 Å². The largest absolute Gasteiger partial charge is 0.374 e. The van der Waals surface area contributed by atoms with E-state index in [1.54, 1.807) is 12.1 Å². The highest BCUT2D eigenvalue weighted by atomic mass is 16.5. The molecule has 0 spiro atoms. The van der Waals surface area contributed by atoms with Crippen LogP contribution < -0.4 is 5.32 Å². The second-order valence-electron chi connectivity index (χ2n) is 7.52. The third-order valence-electron chi connectivity index (χ3n) is 5.30. The van der Waals surface area contributed by atoms with Gasteiger partial charge in [-0.3, -0.25) is 9.69 Å². The number of fused-ring (bicyclic) bond motifs is 1. The Hall–Kier alpha value is -2.83. The maximum Gasteiger partial charge on any atom is 0.251 e. The second kappa shape index (κ2) is 8.68.